The second kappa shape index (κ2) is 10.7. The lowest BCUT2D eigenvalue weighted by Gasteiger charge is -2.36. The topological polar surface area (TPSA) is 72.2 Å². The summed E-state index contributed by atoms with van der Waals surface area (Å²) in [4.78, 5) is 29.0. The largest absolute Gasteiger partial charge is 0.497 e. The zero-order chi connectivity index (χ0) is 24.1. The standard InChI is InChI=1S/C27H32N2O5/c1-19-17-25(31)34-27-23(19)9-10-24(26(27)20(2)30)33-16-5-4-11-28-12-14-29(15-13-28)21-7-6-8-22(18-21)32-3/h6-10,17-18H,4-5,11-16H2,1-3H3. The molecule has 7 nitrogen and oxygen atoms in total. The number of anilines is 1. The zero-order valence-electron chi connectivity index (χ0n) is 20.1. The molecule has 3 aromatic rings. The van der Waals surface area contributed by atoms with Gasteiger partial charge in [0.2, 0.25) is 0 Å². The van der Waals surface area contributed by atoms with Gasteiger partial charge in [0.05, 0.1) is 13.7 Å². The lowest BCUT2D eigenvalue weighted by molar-refractivity contribution is 0.101. The summed E-state index contributed by atoms with van der Waals surface area (Å²) in [5.74, 6) is 1.18. The Morgan fingerprint density at radius 2 is 1.85 bits per heavy atom. The van der Waals surface area contributed by atoms with Gasteiger partial charge >= 0.3 is 5.63 Å². The van der Waals surface area contributed by atoms with E-state index in [9.17, 15) is 9.59 Å². The molecule has 0 amide bonds. The van der Waals surface area contributed by atoms with Crippen molar-refractivity contribution in [2.75, 3.05) is 51.3 Å². The molecule has 1 saturated heterocycles. The van der Waals surface area contributed by atoms with Gasteiger partial charge in [-0.1, -0.05) is 6.07 Å². The summed E-state index contributed by atoms with van der Waals surface area (Å²) in [6, 6.07) is 13.3. The summed E-state index contributed by atoms with van der Waals surface area (Å²) in [5, 5.41) is 0.755. The first kappa shape index (κ1) is 23.8. The first-order chi connectivity index (χ1) is 16.5. The molecule has 180 valence electrons. The molecule has 4 rings (SSSR count). The van der Waals surface area contributed by atoms with Gasteiger partial charge in [0.15, 0.2) is 11.4 Å². The number of hydrogen-bond donors (Lipinski definition) is 0. The second-order valence-electron chi connectivity index (χ2n) is 8.71. The van der Waals surface area contributed by atoms with Crippen LogP contribution in [0.3, 0.4) is 0 Å². The molecule has 0 radical (unpaired) electrons. The van der Waals surface area contributed by atoms with Crippen LogP contribution in [0, 0.1) is 6.92 Å². The van der Waals surface area contributed by atoms with Crippen LogP contribution in [-0.4, -0.2) is 57.1 Å². The van der Waals surface area contributed by atoms with Crippen LogP contribution in [0.25, 0.3) is 11.0 Å². The maximum Gasteiger partial charge on any atom is 0.336 e. The highest BCUT2D eigenvalue weighted by Gasteiger charge is 2.19. The normalized spacial score (nSPS) is 14.4. The van der Waals surface area contributed by atoms with Crippen molar-refractivity contribution in [3.05, 3.63) is 64.0 Å². The Labute approximate surface area is 199 Å². The Balaban J connectivity index is 1.26. The predicted molar refractivity (Wildman–Crippen MR) is 134 cm³/mol. The third-order valence-corrected chi connectivity index (χ3v) is 6.35. The Morgan fingerprint density at radius 3 is 2.59 bits per heavy atom. The third-order valence-electron chi connectivity index (χ3n) is 6.35. The van der Waals surface area contributed by atoms with Crippen molar-refractivity contribution in [2.45, 2.75) is 26.7 Å². The molecule has 1 aliphatic rings. The molecule has 0 bridgehead atoms. The number of fused-ring (bicyclic) bond motifs is 1. The molecule has 1 aromatic heterocycles. The highest BCUT2D eigenvalue weighted by atomic mass is 16.5. The van der Waals surface area contributed by atoms with Gasteiger partial charge in [-0.3, -0.25) is 9.69 Å². The Kier molecular flexibility index (Phi) is 7.53. The molecule has 0 atom stereocenters. The number of nitrogens with zero attached hydrogens (tertiary/aromatic N) is 2. The van der Waals surface area contributed by atoms with E-state index in [0.29, 0.717) is 23.5 Å². The van der Waals surface area contributed by atoms with Crippen LogP contribution in [0.2, 0.25) is 0 Å². The summed E-state index contributed by atoms with van der Waals surface area (Å²) in [7, 11) is 1.69. The number of ketones is 1. The van der Waals surface area contributed by atoms with Crippen molar-refractivity contribution in [3.8, 4) is 11.5 Å². The van der Waals surface area contributed by atoms with E-state index < -0.39 is 5.63 Å². The number of carbonyl (C=O) groups excluding carboxylic acids is 1. The number of Topliss-reactive ketones (excluding diaryl/α,β-unsaturated/α-hetero) is 1. The molecule has 2 aromatic carbocycles. The molecule has 7 heteroatoms. The number of methoxy groups -OCH3 is 1. The SMILES string of the molecule is COc1cccc(N2CCN(CCCCOc3ccc4c(C)cc(=O)oc4c3C(C)=O)CC2)c1. The Hall–Kier alpha value is -3.32. The number of carbonyl (C=O) groups is 1. The predicted octanol–water partition coefficient (Wildman–Crippen LogP) is 4.29. The van der Waals surface area contributed by atoms with E-state index in [1.807, 2.05) is 25.1 Å². The van der Waals surface area contributed by atoms with Crippen molar-refractivity contribution in [2.24, 2.45) is 0 Å². The first-order valence-corrected chi connectivity index (χ1v) is 11.8. The van der Waals surface area contributed by atoms with Crippen molar-refractivity contribution in [3.63, 3.8) is 0 Å². The number of hydrogen-bond acceptors (Lipinski definition) is 7. The van der Waals surface area contributed by atoms with Gasteiger partial charge in [0.1, 0.15) is 17.1 Å². The summed E-state index contributed by atoms with van der Waals surface area (Å²) in [6.07, 6.45) is 1.89. The van der Waals surface area contributed by atoms with E-state index in [-0.39, 0.29) is 5.78 Å². The van der Waals surface area contributed by atoms with Crippen molar-refractivity contribution in [1.82, 2.24) is 4.90 Å². The molecule has 1 aliphatic heterocycles. The van der Waals surface area contributed by atoms with E-state index in [4.69, 9.17) is 13.9 Å². The minimum Gasteiger partial charge on any atom is -0.497 e. The molecule has 0 aliphatic carbocycles. The van der Waals surface area contributed by atoms with Gasteiger partial charge in [-0.05, 0) is 63.1 Å². The number of piperazine rings is 1. The average Bonchev–Trinajstić information content (AvgIpc) is 2.83. The molecular weight excluding hydrogens is 432 g/mol. The molecule has 1 fully saturated rings. The van der Waals surface area contributed by atoms with Crippen LogP contribution < -0.4 is 20.0 Å². The molecular formula is C27H32N2O5. The van der Waals surface area contributed by atoms with E-state index in [1.54, 1.807) is 13.2 Å². The van der Waals surface area contributed by atoms with Gasteiger partial charge < -0.3 is 18.8 Å². The maximum atomic E-state index is 12.3. The minimum absolute atomic E-state index is 0.178. The van der Waals surface area contributed by atoms with Gasteiger partial charge in [-0.25, -0.2) is 4.79 Å². The van der Waals surface area contributed by atoms with Crippen LogP contribution in [0.5, 0.6) is 11.5 Å². The summed E-state index contributed by atoms with van der Waals surface area (Å²) >= 11 is 0. The lowest BCUT2D eigenvalue weighted by atomic mass is 10.0. The Bertz CT molecular complexity index is 1210. The number of unbranched alkanes of at least 4 members (excludes halogenated alkanes) is 1. The molecule has 0 saturated carbocycles. The summed E-state index contributed by atoms with van der Waals surface area (Å²) in [5.41, 5.74) is 2.17. The van der Waals surface area contributed by atoms with E-state index in [1.165, 1.54) is 18.7 Å². The van der Waals surface area contributed by atoms with Crippen LogP contribution in [0.4, 0.5) is 5.69 Å². The highest BCUT2D eigenvalue weighted by Crippen LogP contribution is 2.29. The van der Waals surface area contributed by atoms with Gasteiger partial charge in [0.25, 0.3) is 0 Å². The molecule has 0 spiro atoms. The highest BCUT2D eigenvalue weighted by molar-refractivity contribution is 6.07. The molecule has 34 heavy (non-hydrogen) atoms. The van der Waals surface area contributed by atoms with Gasteiger partial charge in [0, 0.05) is 49.4 Å². The van der Waals surface area contributed by atoms with Gasteiger partial charge in [-0.15, -0.1) is 0 Å². The van der Waals surface area contributed by atoms with E-state index >= 15 is 0 Å². The fourth-order valence-corrected chi connectivity index (χ4v) is 4.48. The molecule has 0 unspecified atom stereocenters. The van der Waals surface area contributed by atoms with Crippen LogP contribution in [0.15, 0.2) is 51.7 Å². The third kappa shape index (κ3) is 5.42. The van der Waals surface area contributed by atoms with E-state index in [0.717, 1.165) is 62.3 Å². The minimum atomic E-state index is -0.462. The van der Waals surface area contributed by atoms with Crippen LogP contribution >= 0.6 is 0 Å². The number of benzene rings is 2. The summed E-state index contributed by atoms with van der Waals surface area (Å²) in [6.45, 7) is 8.85. The van der Waals surface area contributed by atoms with Crippen LogP contribution in [0.1, 0.15) is 35.7 Å². The monoisotopic (exact) mass is 464 g/mol. The smallest absolute Gasteiger partial charge is 0.336 e. The fourth-order valence-electron chi connectivity index (χ4n) is 4.48. The lowest BCUT2D eigenvalue weighted by Crippen LogP contribution is -2.46. The van der Waals surface area contributed by atoms with Gasteiger partial charge in [-0.2, -0.15) is 0 Å². The van der Waals surface area contributed by atoms with Crippen LogP contribution in [-0.2, 0) is 0 Å². The first-order valence-electron chi connectivity index (χ1n) is 11.8. The molecule has 0 N–H and O–H groups in total. The van der Waals surface area contributed by atoms with E-state index in [2.05, 4.69) is 21.9 Å². The number of aryl methyl sites for hydroxylation is 1. The maximum absolute atomic E-state index is 12.3. The number of ether oxygens (including phenoxy) is 2. The molecule has 2 heterocycles. The van der Waals surface area contributed by atoms with Crippen molar-refractivity contribution < 1.29 is 18.7 Å². The van der Waals surface area contributed by atoms with Crippen molar-refractivity contribution >= 4 is 22.4 Å². The average molecular weight is 465 g/mol. The number of rotatable bonds is 9. The zero-order valence-corrected chi connectivity index (χ0v) is 20.1. The fraction of sp³-hybridized carbons (Fsp3) is 0.407. The summed E-state index contributed by atoms with van der Waals surface area (Å²) < 4.78 is 16.7. The Morgan fingerprint density at radius 1 is 1.06 bits per heavy atom. The second-order valence-corrected chi connectivity index (χ2v) is 8.71. The van der Waals surface area contributed by atoms with Crippen molar-refractivity contribution in [1.29, 1.82) is 0 Å². The quantitative estimate of drug-likeness (QED) is 0.266.